The third-order valence-corrected chi connectivity index (χ3v) is 5.00. The molecule has 4 rings (SSSR count). The summed E-state index contributed by atoms with van der Waals surface area (Å²) in [6.07, 6.45) is 2.46. The summed E-state index contributed by atoms with van der Waals surface area (Å²) in [4.78, 5) is 21.2. The lowest BCUT2D eigenvalue weighted by Crippen LogP contribution is -2.35. The molecule has 1 saturated heterocycles. The first kappa shape index (κ1) is 19.3. The lowest BCUT2D eigenvalue weighted by atomic mass is 10.2. The summed E-state index contributed by atoms with van der Waals surface area (Å²) in [6, 6.07) is 11.7. The summed E-state index contributed by atoms with van der Waals surface area (Å²) >= 11 is 0. The molecule has 29 heavy (non-hydrogen) atoms. The molecular weight excluding hydrogens is 376 g/mol. The van der Waals surface area contributed by atoms with Crippen molar-refractivity contribution in [3.63, 3.8) is 0 Å². The zero-order chi connectivity index (χ0) is 20.2. The summed E-state index contributed by atoms with van der Waals surface area (Å²) in [7, 11) is 0. The van der Waals surface area contributed by atoms with Crippen molar-refractivity contribution >= 4 is 5.91 Å². The van der Waals surface area contributed by atoms with E-state index in [-0.39, 0.29) is 17.5 Å². The third-order valence-electron chi connectivity index (χ3n) is 5.00. The molecule has 3 aromatic rings. The molecule has 2 heterocycles. The van der Waals surface area contributed by atoms with E-state index >= 15 is 0 Å². The predicted octanol–water partition coefficient (Wildman–Crippen LogP) is 3.97. The minimum Gasteiger partial charge on any atom is -0.444 e. The molecule has 0 bridgehead atoms. The number of hydrogen-bond donors (Lipinski definition) is 0. The zero-order valence-corrected chi connectivity index (χ0v) is 15.9. The van der Waals surface area contributed by atoms with E-state index < -0.39 is 0 Å². The van der Waals surface area contributed by atoms with Crippen molar-refractivity contribution in [3.05, 3.63) is 77.7 Å². The minimum absolute atomic E-state index is 0.0770. The van der Waals surface area contributed by atoms with Crippen molar-refractivity contribution in [2.24, 2.45) is 0 Å². The van der Waals surface area contributed by atoms with E-state index in [1.54, 1.807) is 23.3 Å². The SMILES string of the molecule is O=C(c1ccc(F)cc1)N1CCCN(Cc2coc(-c3ccc(F)cc3)n2)CC1. The second-order valence-electron chi connectivity index (χ2n) is 7.08. The Morgan fingerprint density at radius 3 is 2.34 bits per heavy atom. The summed E-state index contributed by atoms with van der Waals surface area (Å²) in [5, 5.41) is 0. The van der Waals surface area contributed by atoms with Gasteiger partial charge in [0.1, 0.15) is 17.9 Å². The quantitative estimate of drug-likeness (QED) is 0.669. The van der Waals surface area contributed by atoms with Crippen LogP contribution in [0, 0.1) is 11.6 Å². The number of amides is 1. The lowest BCUT2D eigenvalue weighted by Gasteiger charge is -2.21. The highest BCUT2D eigenvalue weighted by Crippen LogP contribution is 2.20. The molecule has 1 aliphatic rings. The average Bonchev–Trinajstić information content (AvgIpc) is 3.06. The maximum Gasteiger partial charge on any atom is 0.253 e. The average molecular weight is 397 g/mol. The van der Waals surface area contributed by atoms with Gasteiger partial charge in [-0.2, -0.15) is 0 Å². The molecule has 0 spiro atoms. The van der Waals surface area contributed by atoms with Crippen LogP contribution in [0.4, 0.5) is 8.78 Å². The van der Waals surface area contributed by atoms with Crippen LogP contribution in [0.25, 0.3) is 11.5 Å². The Morgan fingerprint density at radius 2 is 1.62 bits per heavy atom. The Morgan fingerprint density at radius 1 is 0.931 bits per heavy atom. The van der Waals surface area contributed by atoms with Crippen LogP contribution in [0.2, 0.25) is 0 Å². The van der Waals surface area contributed by atoms with E-state index in [4.69, 9.17) is 4.42 Å². The van der Waals surface area contributed by atoms with Gasteiger partial charge in [-0.3, -0.25) is 9.69 Å². The van der Waals surface area contributed by atoms with Gasteiger partial charge < -0.3 is 9.32 Å². The Kier molecular flexibility index (Phi) is 5.67. The van der Waals surface area contributed by atoms with Crippen LogP contribution >= 0.6 is 0 Å². The van der Waals surface area contributed by atoms with Crippen LogP contribution in [0.1, 0.15) is 22.5 Å². The zero-order valence-electron chi connectivity index (χ0n) is 15.9. The van der Waals surface area contributed by atoms with Gasteiger partial charge in [-0.15, -0.1) is 0 Å². The third kappa shape index (κ3) is 4.68. The Bertz CT molecular complexity index is 970. The van der Waals surface area contributed by atoms with E-state index in [9.17, 15) is 13.6 Å². The number of aromatic nitrogens is 1. The first-order chi connectivity index (χ1) is 14.1. The fourth-order valence-electron chi connectivity index (χ4n) is 3.44. The molecule has 0 unspecified atom stereocenters. The molecular formula is C22H21F2N3O2. The number of benzene rings is 2. The van der Waals surface area contributed by atoms with Gasteiger partial charge in [-0.25, -0.2) is 13.8 Å². The van der Waals surface area contributed by atoms with Crippen LogP contribution in [0.3, 0.4) is 0 Å². The van der Waals surface area contributed by atoms with Crippen molar-refractivity contribution in [3.8, 4) is 11.5 Å². The van der Waals surface area contributed by atoms with Crippen molar-refractivity contribution in [1.29, 1.82) is 0 Å². The van der Waals surface area contributed by atoms with Crippen molar-refractivity contribution < 1.29 is 18.0 Å². The van der Waals surface area contributed by atoms with Gasteiger partial charge >= 0.3 is 0 Å². The number of hydrogen-bond acceptors (Lipinski definition) is 4. The number of nitrogens with zero attached hydrogens (tertiary/aromatic N) is 3. The normalized spacial score (nSPS) is 15.3. The fraction of sp³-hybridized carbons (Fsp3) is 0.273. The van der Waals surface area contributed by atoms with E-state index in [2.05, 4.69) is 9.88 Å². The predicted molar refractivity (Wildman–Crippen MR) is 104 cm³/mol. The molecule has 0 aliphatic carbocycles. The number of halogens is 2. The molecule has 150 valence electrons. The molecule has 0 N–H and O–H groups in total. The molecule has 2 aromatic carbocycles. The Hall–Kier alpha value is -3.06. The molecule has 1 aromatic heterocycles. The highest BCUT2D eigenvalue weighted by Gasteiger charge is 2.21. The summed E-state index contributed by atoms with van der Waals surface area (Å²) in [6.45, 7) is 3.42. The first-order valence-corrected chi connectivity index (χ1v) is 9.56. The first-order valence-electron chi connectivity index (χ1n) is 9.56. The second kappa shape index (κ2) is 8.53. The molecule has 0 atom stereocenters. The van der Waals surface area contributed by atoms with Crippen LogP contribution in [-0.2, 0) is 6.54 Å². The highest BCUT2D eigenvalue weighted by molar-refractivity contribution is 5.94. The molecule has 0 saturated carbocycles. The second-order valence-corrected chi connectivity index (χ2v) is 7.08. The smallest absolute Gasteiger partial charge is 0.253 e. The van der Waals surface area contributed by atoms with Gasteiger partial charge in [0.15, 0.2) is 0 Å². The minimum atomic E-state index is -0.351. The van der Waals surface area contributed by atoms with E-state index in [0.717, 1.165) is 24.2 Å². The largest absolute Gasteiger partial charge is 0.444 e. The highest BCUT2D eigenvalue weighted by atomic mass is 19.1. The molecule has 5 nitrogen and oxygen atoms in total. The van der Waals surface area contributed by atoms with E-state index in [1.807, 2.05) is 0 Å². The van der Waals surface area contributed by atoms with Crippen molar-refractivity contribution in [1.82, 2.24) is 14.8 Å². The van der Waals surface area contributed by atoms with Crippen LogP contribution in [-0.4, -0.2) is 46.9 Å². The van der Waals surface area contributed by atoms with Gasteiger partial charge in [-0.1, -0.05) is 0 Å². The standard InChI is InChI=1S/C22H21F2N3O2/c23-18-6-2-16(3-7-18)21-25-20(15-29-21)14-26-10-1-11-27(13-12-26)22(28)17-4-8-19(24)9-5-17/h2-9,15H,1,10-14H2. The number of oxazole rings is 1. The van der Waals surface area contributed by atoms with E-state index in [0.29, 0.717) is 37.6 Å². The summed E-state index contributed by atoms with van der Waals surface area (Å²) in [5.74, 6) is -0.268. The van der Waals surface area contributed by atoms with Crippen molar-refractivity contribution in [2.45, 2.75) is 13.0 Å². The molecule has 1 fully saturated rings. The molecule has 7 heteroatoms. The van der Waals surface area contributed by atoms with Gasteiger partial charge in [0, 0.05) is 43.9 Å². The fourth-order valence-corrected chi connectivity index (χ4v) is 3.44. The number of carbonyl (C=O) groups excluding carboxylic acids is 1. The summed E-state index contributed by atoms with van der Waals surface area (Å²) in [5.41, 5.74) is 2.02. The monoisotopic (exact) mass is 397 g/mol. The van der Waals surface area contributed by atoms with Gasteiger partial charge in [0.05, 0.1) is 5.69 Å². The number of carbonyl (C=O) groups is 1. The molecule has 0 radical (unpaired) electrons. The topological polar surface area (TPSA) is 49.6 Å². The molecule has 1 amide bonds. The van der Waals surface area contributed by atoms with Gasteiger partial charge in [-0.05, 0) is 55.0 Å². The maximum absolute atomic E-state index is 13.1. The van der Waals surface area contributed by atoms with E-state index in [1.165, 1.54) is 36.4 Å². The van der Waals surface area contributed by atoms with Crippen LogP contribution in [0.5, 0.6) is 0 Å². The van der Waals surface area contributed by atoms with Crippen LogP contribution in [0.15, 0.2) is 59.2 Å². The van der Waals surface area contributed by atoms with Crippen molar-refractivity contribution in [2.75, 3.05) is 26.2 Å². The van der Waals surface area contributed by atoms with Crippen LogP contribution < -0.4 is 0 Å². The Balaban J connectivity index is 1.36. The summed E-state index contributed by atoms with van der Waals surface area (Å²) < 4.78 is 31.7. The Labute approximate surface area is 167 Å². The lowest BCUT2D eigenvalue weighted by molar-refractivity contribution is 0.0761. The number of rotatable bonds is 4. The molecule has 1 aliphatic heterocycles. The van der Waals surface area contributed by atoms with Gasteiger partial charge in [0.2, 0.25) is 5.89 Å². The van der Waals surface area contributed by atoms with Gasteiger partial charge in [0.25, 0.3) is 5.91 Å². The maximum atomic E-state index is 13.1.